The van der Waals surface area contributed by atoms with Gasteiger partial charge in [0.25, 0.3) is 0 Å². The van der Waals surface area contributed by atoms with E-state index in [0.717, 1.165) is 17.7 Å². The highest BCUT2D eigenvalue weighted by Crippen LogP contribution is 2.31. The van der Waals surface area contributed by atoms with Crippen molar-refractivity contribution in [2.45, 2.75) is 19.0 Å². The van der Waals surface area contributed by atoms with Crippen molar-refractivity contribution >= 4 is 17.5 Å². The van der Waals surface area contributed by atoms with Gasteiger partial charge in [0, 0.05) is 30.3 Å². The molecule has 0 fully saturated rings. The number of nitrogens with one attached hydrogen (secondary N) is 1. The van der Waals surface area contributed by atoms with Crippen LogP contribution in [-0.2, 0) is 11.3 Å². The van der Waals surface area contributed by atoms with Gasteiger partial charge in [0.15, 0.2) is 5.43 Å². The van der Waals surface area contributed by atoms with Gasteiger partial charge in [-0.3, -0.25) is 9.59 Å². The predicted octanol–water partition coefficient (Wildman–Crippen LogP) is 2.14. The second kappa shape index (κ2) is 6.23. The number of halogens is 1. The summed E-state index contributed by atoms with van der Waals surface area (Å²) >= 11 is 5.96. The molecular formula is C16H15ClN2O3. The summed E-state index contributed by atoms with van der Waals surface area (Å²) in [6, 6.07) is 10.3. The van der Waals surface area contributed by atoms with Gasteiger partial charge in [-0.2, -0.15) is 0 Å². The summed E-state index contributed by atoms with van der Waals surface area (Å²) in [5.74, 6) is 0.646. The Bertz CT molecular complexity index is 757. The van der Waals surface area contributed by atoms with Crippen molar-refractivity contribution in [1.29, 1.82) is 0 Å². The molecule has 22 heavy (non-hydrogen) atoms. The summed E-state index contributed by atoms with van der Waals surface area (Å²) in [5, 5.41) is 3.23. The maximum atomic E-state index is 12.2. The number of nitrogens with zero attached hydrogens (tertiary/aromatic N) is 1. The molecule has 5 nitrogen and oxygen atoms in total. The van der Waals surface area contributed by atoms with E-state index in [-0.39, 0.29) is 29.1 Å². The first-order valence-electron chi connectivity index (χ1n) is 7.00. The average Bonchev–Trinajstić information content (AvgIpc) is 2.50. The topological polar surface area (TPSA) is 60.3 Å². The number of fused-ring (bicyclic) bond motifs is 1. The molecule has 1 aromatic carbocycles. The van der Waals surface area contributed by atoms with E-state index in [9.17, 15) is 9.59 Å². The lowest BCUT2D eigenvalue weighted by atomic mass is 10.0. The zero-order valence-electron chi connectivity index (χ0n) is 11.8. The van der Waals surface area contributed by atoms with Gasteiger partial charge in [0.1, 0.15) is 17.4 Å². The number of aromatic nitrogens is 1. The Hall–Kier alpha value is -2.27. The molecule has 0 radical (unpaired) electrons. The van der Waals surface area contributed by atoms with Crippen molar-refractivity contribution in [2.75, 3.05) is 6.61 Å². The average molecular weight is 319 g/mol. The molecule has 6 heteroatoms. The Morgan fingerprint density at radius 3 is 3.00 bits per heavy atom. The first-order chi connectivity index (χ1) is 10.6. The Morgan fingerprint density at radius 2 is 2.18 bits per heavy atom. The summed E-state index contributed by atoms with van der Waals surface area (Å²) in [7, 11) is 0. The fourth-order valence-corrected chi connectivity index (χ4v) is 2.72. The van der Waals surface area contributed by atoms with Crippen LogP contribution in [0, 0.1) is 0 Å². The van der Waals surface area contributed by atoms with Crippen LogP contribution in [0.2, 0.25) is 5.15 Å². The van der Waals surface area contributed by atoms with E-state index in [2.05, 4.69) is 5.32 Å². The largest absolute Gasteiger partial charge is 0.493 e. The number of rotatable bonds is 3. The number of amides is 1. The third-order valence-corrected chi connectivity index (χ3v) is 3.89. The van der Waals surface area contributed by atoms with E-state index in [1.807, 2.05) is 24.3 Å². The van der Waals surface area contributed by atoms with Crippen LogP contribution in [0.15, 0.2) is 47.4 Å². The van der Waals surface area contributed by atoms with Gasteiger partial charge in [0.2, 0.25) is 5.91 Å². The van der Waals surface area contributed by atoms with E-state index in [0.29, 0.717) is 6.61 Å². The highest BCUT2D eigenvalue weighted by atomic mass is 35.5. The van der Waals surface area contributed by atoms with Crippen LogP contribution in [0.25, 0.3) is 0 Å². The molecule has 1 atom stereocenters. The third kappa shape index (κ3) is 3.14. The van der Waals surface area contributed by atoms with Gasteiger partial charge >= 0.3 is 0 Å². The number of pyridine rings is 1. The molecule has 0 saturated carbocycles. The van der Waals surface area contributed by atoms with Crippen LogP contribution in [0.1, 0.15) is 18.0 Å². The molecule has 1 aliphatic rings. The van der Waals surface area contributed by atoms with Crippen LogP contribution in [0.5, 0.6) is 5.75 Å². The van der Waals surface area contributed by atoms with E-state index in [1.165, 1.54) is 22.9 Å². The fourth-order valence-electron chi connectivity index (χ4n) is 2.50. The molecule has 0 aliphatic carbocycles. The molecular weight excluding hydrogens is 304 g/mol. The van der Waals surface area contributed by atoms with Crippen LogP contribution in [0.4, 0.5) is 0 Å². The quantitative estimate of drug-likeness (QED) is 0.882. The molecule has 2 heterocycles. The third-order valence-electron chi connectivity index (χ3n) is 3.56. The van der Waals surface area contributed by atoms with Crippen LogP contribution in [-0.4, -0.2) is 17.1 Å². The maximum Gasteiger partial charge on any atom is 0.240 e. The van der Waals surface area contributed by atoms with Gasteiger partial charge in [0.05, 0.1) is 12.6 Å². The smallest absolute Gasteiger partial charge is 0.240 e. The standard InChI is InChI=1S/C16H15ClN2O3/c17-15-9-11(20)5-7-19(15)10-16(21)18-13-6-8-22-14-4-2-1-3-12(13)14/h1-5,7,9,13H,6,8,10H2,(H,18,21). The lowest BCUT2D eigenvalue weighted by Crippen LogP contribution is -2.34. The van der Waals surface area contributed by atoms with Crippen molar-refractivity contribution in [2.24, 2.45) is 0 Å². The van der Waals surface area contributed by atoms with Gasteiger partial charge in [-0.1, -0.05) is 29.8 Å². The molecule has 3 rings (SSSR count). The monoisotopic (exact) mass is 318 g/mol. The molecule has 2 aromatic rings. The van der Waals surface area contributed by atoms with E-state index in [1.54, 1.807) is 0 Å². The second-order valence-corrected chi connectivity index (χ2v) is 5.50. The van der Waals surface area contributed by atoms with Crippen LogP contribution in [0.3, 0.4) is 0 Å². The van der Waals surface area contributed by atoms with Gasteiger partial charge in [-0.15, -0.1) is 0 Å². The fraction of sp³-hybridized carbons (Fsp3) is 0.250. The van der Waals surface area contributed by atoms with Crippen molar-refractivity contribution in [1.82, 2.24) is 9.88 Å². The van der Waals surface area contributed by atoms with Gasteiger partial charge in [-0.05, 0) is 6.07 Å². The number of hydrogen-bond donors (Lipinski definition) is 1. The van der Waals surface area contributed by atoms with E-state index < -0.39 is 0 Å². The maximum absolute atomic E-state index is 12.2. The molecule has 114 valence electrons. The SMILES string of the molecule is O=C(Cn1ccc(=O)cc1Cl)NC1CCOc2ccccc21. The lowest BCUT2D eigenvalue weighted by Gasteiger charge is -2.26. The number of carbonyl (C=O) groups is 1. The number of para-hydroxylation sites is 1. The Kier molecular flexibility index (Phi) is 4.15. The normalized spacial score (nSPS) is 16.5. The van der Waals surface area contributed by atoms with Crippen molar-refractivity contribution in [3.05, 3.63) is 63.5 Å². The zero-order chi connectivity index (χ0) is 15.5. The van der Waals surface area contributed by atoms with Crippen molar-refractivity contribution in [3.63, 3.8) is 0 Å². The zero-order valence-corrected chi connectivity index (χ0v) is 12.5. The van der Waals surface area contributed by atoms with Gasteiger partial charge in [-0.25, -0.2) is 0 Å². The van der Waals surface area contributed by atoms with Gasteiger partial charge < -0.3 is 14.6 Å². The van der Waals surface area contributed by atoms with Crippen molar-refractivity contribution < 1.29 is 9.53 Å². The molecule has 1 aliphatic heterocycles. The summed E-state index contributed by atoms with van der Waals surface area (Å²) in [4.78, 5) is 23.4. The summed E-state index contributed by atoms with van der Waals surface area (Å²) in [6.45, 7) is 0.638. The summed E-state index contributed by atoms with van der Waals surface area (Å²) in [6.07, 6.45) is 2.24. The van der Waals surface area contributed by atoms with Crippen LogP contribution >= 0.6 is 11.6 Å². The summed E-state index contributed by atoms with van der Waals surface area (Å²) in [5.41, 5.74) is 0.799. The Morgan fingerprint density at radius 1 is 1.36 bits per heavy atom. The first kappa shape index (κ1) is 14.7. The molecule has 1 unspecified atom stereocenters. The molecule has 0 saturated heterocycles. The summed E-state index contributed by atoms with van der Waals surface area (Å²) < 4.78 is 7.10. The second-order valence-electron chi connectivity index (χ2n) is 5.11. The number of hydrogen-bond acceptors (Lipinski definition) is 3. The Balaban J connectivity index is 1.71. The highest BCUT2D eigenvalue weighted by Gasteiger charge is 2.22. The number of carbonyl (C=O) groups excluding carboxylic acids is 1. The molecule has 1 N–H and O–H groups in total. The first-order valence-corrected chi connectivity index (χ1v) is 7.38. The minimum atomic E-state index is -0.181. The van der Waals surface area contributed by atoms with Crippen molar-refractivity contribution in [3.8, 4) is 5.75 Å². The predicted molar refractivity (Wildman–Crippen MR) is 83.1 cm³/mol. The van der Waals surface area contributed by atoms with E-state index in [4.69, 9.17) is 16.3 Å². The minimum absolute atomic E-state index is 0.0681. The molecule has 0 spiro atoms. The van der Waals surface area contributed by atoms with Crippen LogP contribution < -0.4 is 15.5 Å². The molecule has 0 bridgehead atoms. The molecule has 1 aromatic heterocycles. The lowest BCUT2D eigenvalue weighted by molar-refractivity contribution is -0.122. The number of ether oxygens (including phenoxy) is 1. The minimum Gasteiger partial charge on any atom is -0.493 e. The van der Waals surface area contributed by atoms with E-state index >= 15 is 0 Å². The number of benzene rings is 1. The molecule has 1 amide bonds. The Labute approximate surface area is 132 Å². The highest BCUT2D eigenvalue weighted by molar-refractivity contribution is 6.29.